The van der Waals surface area contributed by atoms with Gasteiger partial charge in [0.1, 0.15) is 16.5 Å². The molecule has 0 aromatic heterocycles. The summed E-state index contributed by atoms with van der Waals surface area (Å²) in [5, 5.41) is 2.41. The maximum absolute atomic E-state index is 13.2. The van der Waals surface area contributed by atoms with Crippen LogP contribution >= 0.6 is 11.6 Å². The molecule has 0 radical (unpaired) electrons. The molecule has 0 saturated carbocycles. The molecule has 0 unspecified atom stereocenters. The Balaban J connectivity index is 2.38. The van der Waals surface area contributed by atoms with E-state index in [-0.39, 0.29) is 26.9 Å². The first-order chi connectivity index (χ1) is 12.4. The highest BCUT2D eigenvalue weighted by atomic mass is 35.5. The summed E-state index contributed by atoms with van der Waals surface area (Å²) in [5.41, 5.74) is -0.350. The van der Waals surface area contributed by atoms with E-state index in [2.05, 4.69) is 10.0 Å². The van der Waals surface area contributed by atoms with Crippen molar-refractivity contribution in [2.75, 3.05) is 12.4 Å². The minimum atomic E-state index is -3.93. The quantitative estimate of drug-likeness (QED) is 0.779. The fourth-order valence-corrected chi connectivity index (χ4v) is 4.06. The number of nitrogens with one attached hydrogen (secondary N) is 2. The van der Waals surface area contributed by atoms with Crippen molar-refractivity contribution < 1.29 is 22.3 Å². The lowest BCUT2D eigenvalue weighted by Crippen LogP contribution is -2.40. The van der Waals surface area contributed by atoms with Crippen molar-refractivity contribution >= 4 is 33.2 Å². The number of sulfonamides is 1. The van der Waals surface area contributed by atoms with Crippen molar-refractivity contribution in [3.63, 3.8) is 0 Å². The Morgan fingerprint density at radius 2 is 1.81 bits per heavy atom. The number of rotatable bonds is 5. The van der Waals surface area contributed by atoms with E-state index in [0.717, 1.165) is 6.07 Å². The number of hydrogen-bond acceptors (Lipinski definition) is 4. The van der Waals surface area contributed by atoms with Gasteiger partial charge in [0.25, 0.3) is 5.91 Å². The third-order valence-electron chi connectivity index (χ3n) is 3.33. The predicted octanol–water partition coefficient (Wildman–Crippen LogP) is 3.82. The van der Waals surface area contributed by atoms with E-state index < -0.39 is 27.3 Å². The van der Waals surface area contributed by atoms with E-state index in [1.54, 1.807) is 20.8 Å². The summed E-state index contributed by atoms with van der Waals surface area (Å²) in [5.74, 6) is -1.08. The number of halogens is 2. The third kappa shape index (κ3) is 5.41. The molecule has 0 spiro atoms. The first-order valence-corrected chi connectivity index (χ1v) is 9.77. The summed E-state index contributed by atoms with van der Waals surface area (Å²) >= 11 is 5.70. The second-order valence-corrected chi connectivity index (χ2v) is 8.86. The van der Waals surface area contributed by atoms with Crippen LogP contribution in [-0.4, -0.2) is 27.0 Å². The maximum atomic E-state index is 13.2. The maximum Gasteiger partial charge on any atom is 0.255 e. The molecule has 9 heteroatoms. The van der Waals surface area contributed by atoms with E-state index in [4.69, 9.17) is 16.3 Å². The van der Waals surface area contributed by atoms with Crippen LogP contribution in [-0.2, 0) is 10.0 Å². The van der Waals surface area contributed by atoms with Crippen LogP contribution in [0, 0.1) is 5.82 Å². The summed E-state index contributed by atoms with van der Waals surface area (Å²) in [6.45, 7) is 5.10. The van der Waals surface area contributed by atoms with Gasteiger partial charge in [0.2, 0.25) is 10.0 Å². The topological polar surface area (TPSA) is 84.5 Å². The van der Waals surface area contributed by atoms with Gasteiger partial charge in [0, 0.05) is 16.8 Å². The molecule has 0 bridgehead atoms. The van der Waals surface area contributed by atoms with Gasteiger partial charge in [-0.25, -0.2) is 17.5 Å². The Morgan fingerprint density at radius 3 is 2.37 bits per heavy atom. The van der Waals surface area contributed by atoms with Crippen LogP contribution in [0.4, 0.5) is 10.1 Å². The summed E-state index contributed by atoms with van der Waals surface area (Å²) in [6, 6.07) is 7.76. The van der Waals surface area contributed by atoms with E-state index in [1.165, 1.54) is 37.4 Å². The van der Waals surface area contributed by atoms with Crippen molar-refractivity contribution in [1.29, 1.82) is 0 Å². The fraction of sp³-hybridized carbons (Fsp3) is 0.278. The van der Waals surface area contributed by atoms with Gasteiger partial charge >= 0.3 is 0 Å². The number of benzene rings is 2. The Labute approximate surface area is 162 Å². The largest absolute Gasteiger partial charge is 0.495 e. The lowest BCUT2D eigenvalue weighted by atomic mass is 10.1. The van der Waals surface area contributed by atoms with Gasteiger partial charge < -0.3 is 10.1 Å². The minimum absolute atomic E-state index is 0.0885. The average molecular weight is 415 g/mol. The van der Waals surface area contributed by atoms with Crippen molar-refractivity contribution in [2.24, 2.45) is 0 Å². The molecule has 27 heavy (non-hydrogen) atoms. The summed E-state index contributed by atoms with van der Waals surface area (Å²) < 4.78 is 46.2. The first kappa shape index (κ1) is 21.1. The molecule has 0 fully saturated rings. The molecule has 6 nitrogen and oxygen atoms in total. The van der Waals surface area contributed by atoms with Crippen LogP contribution in [0.25, 0.3) is 0 Å². The van der Waals surface area contributed by atoms with Crippen LogP contribution in [0.5, 0.6) is 5.75 Å². The minimum Gasteiger partial charge on any atom is -0.495 e. The summed E-state index contributed by atoms with van der Waals surface area (Å²) in [7, 11) is -2.59. The Bertz CT molecular complexity index is 972. The van der Waals surface area contributed by atoms with Crippen molar-refractivity contribution in [3.05, 3.63) is 52.8 Å². The molecule has 2 aromatic carbocycles. The van der Waals surface area contributed by atoms with Gasteiger partial charge in [-0.15, -0.1) is 0 Å². The SMILES string of the molecule is COc1ccc(C(=O)Nc2ccc(F)c(Cl)c2)cc1S(=O)(=O)NC(C)(C)C. The Morgan fingerprint density at radius 1 is 1.15 bits per heavy atom. The molecule has 0 heterocycles. The van der Waals surface area contributed by atoms with Gasteiger partial charge in [-0.2, -0.15) is 0 Å². The molecule has 2 N–H and O–H groups in total. The average Bonchev–Trinajstić information content (AvgIpc) is 2.55. The second kappa shape index (κ2) is 7.84. The van der Waals surface area contributed by atoms with Gasteiger partial charge in [-0.05, 0) is 57.2 Å². The molecule has 0 atom stereocenters. The molecule has 0 aliphatic rings. The monoisotopic (exact) mass is 414 g/mol. The molecule has 146 valence electrons. The van der Waals surface area contributed by atoms with Gasteiger partial charge in [-0.3, -0.25) is 4.79 Å². The molecule has 1 amide bonds. The number of carbonyl (C=O) groups is 1. The van der Waals surface area contributed by atoms with Gasteiger partial charge in [0.05, 0.1) is 12.1 Å². The molecule has 0 saturated heterocycles. The number of amides is 1. The lowest BCUT2D eigenvalue weighted by Gasteiger charge is -2.21. The summed E-state index contributed by atoms with van der Waals surface area (Å²) in [6.07, 6.45) is 0. The van der Waals surface area contributed by atoms with Crippen LogP contribution in [0.3, 0.4) is 0 Å². The highest BCUT2D eigenvalue weighted by molar-refractivity contribution is 7.89. The Kier molecular flexibility index (Phi) is 6.14. The van der Waals surface area contributed by atoms with E-state index in [0.29, 0.717) is 0 Å². The smallest absolute Gasteiger partial charge is 0.255 e. The number of methoxy groups -OCH3 is 1. The number of anilines is 1. The second-order valence-electron chi connectivity index (χ2n) is 6.80. The Hall–Kier alpha value is -2.16. The van der Waals surface area contributed by atoms with E-state index in [1.807, 2.05) is 0 Å². The number of ether oxygens (including phenoxy) is 1. The molecule has 0 aliphatic heterocycles. The predicted molar refractivity (Wildman–Crippen MR) is 102 cm³/mol. The number of carbonyl (C=O) groups excluding carboxylic acids is 1. The summed E-state index contributed by atoms with van der Waals surface area (Å²) in [4.78, 5) is 12.3. The lowest BCUT2D eigenvalue weighted by molar-refractivity contribution is 0.102. The molecule has 2 aromatic rings. The van der Waals surface area contributed by atoms with E-state index >= 15 is 0 Å². The molecule has 0 aliphatic carbocycles. The van der Waals surface area contributed by atoms with Gasteiger partial charge in [0.15, 0.2) is 0 Å². The molecular formula is C18H20ClFN2O4S. The van der Waals surface area contributed by atoms with Crippen molar-refractivity contribution in [3.8, 4) is 5.75 Å². The highest BCUT2D eigenvalue weighted by Crippen LogP contribution is 2.27. The number of hydrogen-bond donors (Lipinski definition) is 2. The third-order valence-corrected chi connectivity index (χ3v) is 5.40. The molecular weight excluding hydrogens is 395 g/mol. The van der Waals surface area contributed by atoms with Crippen LogP contribution in [0.2, 0.25) is 5.02 Å². The first-order valence-electron chi connectivity index (χ1n) is 7.91. The molecule has 2 rings (SSSR count). The normalized spacial score (nSPS) is 11.9. The zero-order valence-electron chi connectivity index (χ0n) is 15.3. The fourth-order valence-electron chi connectivity index (χ4n) is 2.26. The highest BCUT2D eigenvalue weighted by Gasteiger charge is 2.26. The van der Waals surface area contributed by atoms with Crippen LogP contribution in [0.15, 0.2) is 41.3 Å². The van der Waals surface area contributed by atoms with Crippen molar-refractivity contribution in [1.82, 2.24) is 4.72 Å². The van der Waals surface area contributed by atoms with Crippen molar-refractivity contribution in [2.45, 2.75) is 31.2 Å². The van der Waals surface area contributed by atoms with E-state index in [9.17, 15) is 17.6 Å². The van der Waals surface area contributed by atoms with Crippen LogP contribution < -0.4 is 14.8 Å². The zero-order valence-corrected chi connectivity index (χ0v) is 16.8. The van der Waals surface area contributed by atoms with Crippen LogP contribution in [0.1, 0.15) is 31.1 Å². The zero-order chi connectivity index (χ0) is 20.4. The van der Waals surface area contributed by atoms with Gasteiger partial charge in [-0.1, -0.05) is 11.6 Å². The standard InChI is InChI=1S/C18H20ClFN2O4S/c1-18(2,3)22-27(24,25)16-9-11(5-8-15(16)26-4)17(23)21-12-6-7-14(20)13(19)10-12/h5-10,22H,1-4H3,(H,21,23).